The number of rotatable bonds is 5. The van der Waals surface area contributed by atoms with E-state index >= 15 is 0 Å². The number of nitrogens with zero attached hydrogens (tertiary/aromatic N) is 4. The average molecular weight is 479 g/mol. The van der Waals surface area contributed by atoms with Crippen molar-refractivity contribution < 1.29 is 9.59 Å². The smallest absolute Gasteiger partial charge is 0.280 e. The fourth-order valence-corrected chi connectivity index (χ4v) is 4.79. The monoisotopic (exact) mass is 478 g/mol. The van der Waals surface area contributed by atoms with Gasteiger partial charge in [0.1, 0.15) is 6.54 Å². The number of nitrogen functional groups attached to an aromatic ring is 1. The summed E-state index contributed by atoms with van der Waals surface area (Å²) < 4.78 is 1.47. The van der Waals surface area contributed by atoms with Crippen LogP contribution in [-0.4, -0.2) is 62.4 Å². The second-order valence-corrected chi connectivity index (χ2v) is 8.91. The van der Waals surface area contributed by atoms with Gasteiger partial charge >= 0.3 is 0 Å². The van der Waals surface area contributed by atoms with Crippen molar-refractivity contribution in [3.63, 3.8) is 0 Å². The summed E-state index contributed by atoms with van der Waals surface area (Å²) in [6.45, 7) is 2.94. The Morgan fingerprint density at radius 1 is 1.18 bits per heavy atom. The standard InChI is InChI=1S/C22H22N8O3S/c23-22-27-19-18(20(32)28-22)25-12-30(19)11-17(31)26-14-3-1-2-13(10-14)15-4-5-16(34-15)21(33)29-8-6-24-7-9-29/h1-5,10,12,24H,6-9,11H2,(H,26,31)(H3,23,27,28,32). The Morgan fingerprint density at radius 3 is 2.82 bits per heavy atom. The first-order valence-electron chi connectivity index (χ1n) is 10.7. The highest BCUT2D eigenvalue weighted by molar-refractivity contribution is 7.17. The molecule has 4 aromatic rings. The number of piperazine rings is 1. The van der Waals surface area contributed by atoms with E-state index in [9.17, 15) is 14.4 Å². The first kappa shape index (κ1) is 21.8. The topological polar surface area (TPSA) is 151 Å². The number of benzene rings is 1. The number of carbonyl (C=O) groups excluding carboxylic acids is 2. The van der Waals surface area contributed by atoms with Crippen molar-refractivity contribution >= 4 is 46.0 Å². The maximum absolute atomic E-state index is 12.8. The highest BCUT2D eigenvalue weighted by Gasteiger charge is 2.20. The number of carbonyl (C=O) groups is 2. The molecule has 2 amide bonds. The number of hydrogen-bond donors (Lipinski definition) is 4. The Balaban J connectivity index is 1.29. The molecule has 0 bridgehead atoms. The summed E-state index contributed by atoms with van der Waals surface area (Å²) in [5, 5.41) is 6.10. The molecule has 5 N–H and O–H groups in total. The minimum Gasteiger partial charge on any atom is -0.369 e. The van der Waals surface area contributed by atoms with Gasteiger partial charge in [-0.2, -0.15) is 4.98 Å². The fourth-order valence-electron chi connectivity index (χ4n) is 3.82. The predicted molar refractivity (Wildman–Crippen MR) is 130 cm³/mol. The van der Waals surface area contributed by atoms with Gasteiger partial charge in [-0.3, -0.25) is 19.4 Å². The minimum atomic E-state index is -0.458. The molecule has 0 unspecified atom stereocenters. The third-order valence-corrected chi connectivity index (χ3v) is 6.58. The third kappa shape index (κ3) is 4.40. The van der Waals surface area contributed by atoms with Crippen molar-refractivity contribution in [2.75, 3.05) is 37.2 Å². The van der Waals surface area contributed by atoms with Crippen LogP contribution in [0, 0.1) is 0 Å². The van der Waals surface area contributed by atoms with Gasteiger partial charge in [-0.15, -0.1) is 11.3 Å². The van der Waals surface area contributed by atoms with E-state index in [1.807, 2.05) is 35.2 Å². The lowest BCUT2D eigenvalue weighted by Gasteiger charge is -2.26. The Labute approximate surface area is 197 Å². The van der Waals surface area contributed by atoms with Crippen LogP contribution in [0.2, 0.25) is 0 Å². The molecular weight excluding hydrogens is 456 g/mol. The number of thiophene rings is 1. The molecule has 4 heterocycles. The van der Waals surface area contributed by atoms with Crippen LogP contribution in [0.1, 0.15) is 9.67 Å². The van der Waals surface area contributed by atoms with Gasteiger partial charge in [0.05, 0.1) is 11.2 Å². The van der Waals surface area contributed by atoms with Crippen molar-refractivity contribution in [2.45, 2.75) is 6.54 Å². The summed E-state index contributed by atoms with van der Waals surface area (Å²) in [7, 11) is 0. The number of nitrogens with two attached hydrogens (primary N) is 1. The first-order chi connectivity index (χ1) is 16.5. The maximum atomic E-state index is 12.8. The second-order valence-electron chi connectivity index (χ2n) is 7.83. The normalized spacial score (nSPS) is 13.8. The van der Waals surface area contributed by atoms with Gasteiger partial charge < -0.3 is 25.8 Å². The molecule has 3 aromatic heterocycles. The molecule has 11 nitrogen and oxygen atoms in total. The van der Waals surface area contributed by atoms with E-state index in [0.29, 0.717) is 23.7 Å². The van der Waals surface area contributed by atoms with Crippen LogP contribution in [0.15, 0.2) is 47.5 Å². The number of H-pyrrole nitrogens is 1. The van der Waals surface area contributed by atoms with Crippen LogP contribution in [0.3, 0.4) is 0 Å². The third-order valence-electron chi connectivity index (χ3n) is 5.46. The number of aromatic amines is 1. The molecule has 0 aliphatic carbocycles. The molecule has 1 aliphatic heterocycles. The first-order valence-corrected chi connectivity index (χ1v) is 11.5. The molecule has 0 atom stereocenters. The lowest BCUT2D eigenvalue weighted by molar-refractivity contribution is -0.116. The predicted octanol–water partition coefficient (Wildman–Crippen LogP) is 1.11. The van der Waals surface area contributed by atoms with Crippen molar-refractivity contribution in [3.8, 4) is 10.4 Å². The highest BCUT2D eigenvalue weighted by Crippen LogP contribution is 2.30. The van der Waals surface area contributed by atoms with Crippen LogP contribution in [0.5, 0.6) is 0 Å². The fraction of sp³-hybridized carbons (Fsp3) is 0.227. The number of hydrogen-bond acceptors (Lipinski definition) is 8. The minimum absolute atomic E-state index is 0.0434. The summed E-state index contributed by atoms with van der Waals surface area (Å²) in [4.78, 5) is 51.3. The molecule has 1 saturated heterocycles. The zero-order chi connectivity index (χ0) is 23.7. The summed E-state index contributed by atoms with van der Waals surface area (Å²) in [5.41, 5.74) is 7.02. The van der Waals surface area contributed by atoms with Gasteiger partial charge in [-0.1, -0.05) is 12.1 Å². The van der Waals surface area contributed by atoms with Crippen LogP contribution in [0.4, 0.5) is 11.6 Å². The van der Waals surface area contributed by atoms with E-state index < -0.39 is 5.56 Å². The van der Waals surface area contributed by atoms with Crippen LogP contribution < -0.4 is 21.9 Å². The molecule has 12 heteroatoms. The maximum Gasteiger partial charge on any atom is 0.280 e. The summed E-state index contributed by atoms with van der Waals surface area (Å²) in [6, 6.07) is 11.2. The van der Waals surface area contributed by atoms with Crippen LogP contribution in [-0.2, 0) is 11.3 Å². The lowest BCUT2D eigenvalue weighted by Crippen LogP contribution is -2.46. The Kier molecular flexibility index (Phi) is 5.82. The van der Waals surface area contributed by atoms with E-state index in [1.165, 1.54) is 22.2 Å². The van der Waals surface area contributed by atoms with Crippen molar-refractivity contribution in [1.82, 2.24) is 29.7 Å². The van der Waals surface area contributed by atoms with Gasteiger partial charge in [0.15, 0.2) is 11.2 Å². The average Bonchev–Trinajstić information content (AvgIpc) is 3.47. The van der Waals surface area contributed by atoms with Crippen molar-refractivity contribution in [3.05, 3.63) is 58.0 Å². The molecule has 1 aromatic carbocycles. The molecule has 0 spiro atoms. The molecule has 34 heavy (non-hydrogen) atoms. The second kappa shape index (κ2) is 9.08. The lowest BCUT2D eigenvalue weighted by atomic mass is 10.1. The van der Waals surface area contributed by atoms with E-state index in [-0.39, 0.29) is 35.5 Å². The van der Waals surface area contributed by atoms with E-state index in [4.69, 9.17) is 5.73 Å². The molecule has 1 aliphatic rings. The van der Waals surface area contributed by atoms with E-state index in [0.717, 1.165) is 23.5 Å². The summed E-state index contributed by atoms with van der Waals surface area (Å²) in [5.74, 6) is -0.307. The molecule has 0 saturated carbocycles. The van der Waals surface area contributed by atoms with Gasteiger partial charge in [0.2, 0.25) is 11.9 Å². The Morgan fingerprint density at radius 2 is 2.00 bits per heavy atom. The largest absolute Gasteiger partial charge is 0.369 e. The highest BCUT2D eigenvalue weighted by atomic mass is 32.1. The number of nitrogens with one attached hydrogen (secondary N) is 3. The molecular formula is C22H22N8O3S. The molecule has 0 radical (unpaired) electrons. The van der Waals surface area contributed by atoms with Gasteiger partial charge in [-0.05, 0) is 29.8 Å². The van der Waals surface area contributed by atoms with Crippen molar-refractivity contribution in [2.24, 2.45) is 0 Å². The summed E-state index contributed by atoms with van der Waals surface area (Å²) in [6.07, 6.45) is 1.38. The van der Waals surface area contributed by atoms with Crippen LogP contribution in [0.25, 0.3) is 21.6 Å². The SMILES string of the molecule is Nc1nc2c(ncn2CC(=O)Nc2cccc(-c3ccc(C(=O)N4CCNCC4)s3)c2)c(=O)[nH]1. The van der Waals surface area contributed by atoms with E-state index in [1.54, 1.807) is 6.07 Å². The van der Waals surface area contributed by atoms with Crippen molar-refractivity contribution in [1.29, 1.82) is 0 Å². The number of aromatic nitrogens is 4. The van der Waals surface area contributed by atoms with Crippen LogP contribution >= 0.6 is 11.3 Å². The zero-order valence-electron chi connectivity index (χ0n) is 18.1. The Hall–Kier alpha value is -4.03. The Bertz CT molecular complexity index is 1430. The van der Waals surface area contributed by atoms with Gasteiger partial charge in [0, 0.05) is 36.7 Å². The summed E-state index contributed by atoms with van der Waals surface area (Å²) >= 11 is 1.43. The number of imidazole rings is 1. The molecule has 174 valence electrons. The number of fused-ring (bicyclic) bond motifs is 1. The van der Waals surface area contributed by atoms with Gasteiger partial charge in [0.25, 0.3) is 11.5 Å². The van der Waals surface area contributed by atoms with E-state index in [2.05, 4.69) is 25.6 Å². The quantitative estimate of drug-likeness (QED) is 0.335. The number of anilines is 2. The van der Waals surface area contributed by atoms with Gasteiger partial charge in [-0.25, -0.2) is 4.98 Å². The number of amides is 2. The molecule has 1 fully saturated rings. The molecule has 5 rings (SSSR count). The zero-order valence-corrected chi connectivity index (χ0v) is 18.9.